The third kappa shape index (κ3) is 4.29. The predicted octanol–water partition coefficient (Wildman–Crippen LogP) is 4.59. The van der Waals surface area contributed by atoms with E-state index in [2.05, 4.69) is 15.1 Å². The van der Waals surface area contributed by atoms with Crippen LogP contribution in [0.5, 0.6) is 5.75 Å². The van der Waals surface area contributed by atoms with Gasteiger partial charge in [0, 0.05) is 23.9 Å². The number of ether oxygens (including phenoxy) is 1. The van der Waals surface area contributed by atoms with Crippen molar-refractivity contribution in [3.63, 3.8) is 0 Å². The van der Waals surface area contributed by atoms with Crippen LogP contribution in [0.15, 0.2) is 76.6 Å². The number of nitrogens with zero attached hydrogens (tertiary/aromatic N) is 4. The van der Waals surface area contributed by atoms with Crippen LogP contribution in [0.2, 0.25) is 0 Å². The van der Waals surface area contributed by atoms with Gasteiger partial charge < -0.3 is 4.74 Å². The minimum Gasteiger partial charge on any atom is -0.497 e. The quantitative estimate of drug-likeness (QED) is 0.266. The maximum atomic E-state index is 13.5. The summed E-state index contributed by atoms with van der Waals surface area (Å²) in [6.07, 6.45) is 1.65. The lowest BCUT2D eigenvalue weighted by atomic mass is 10.0. The average Bonchev–Trinajstić information content (AvgIpc) is 3.17. The highest BCUT2D eigenvalue weighted by Gasteiger charge is 2.20. The van der Waals surface area contributed by atoms with Crippen LogP contribution in [0.4, 0.5) is 11.5 Å². The molecule has 33 heavy (non-hydrogen) atoms. The van der Waals surface area contributed by atoms with Gasteiger partial charge in [-0.25, -0.2) is 14.7 Å². The number of pyridine rings is 1. The third-order valence-corrected chi connectivity index (χ3v) is 5.21. The molecule has 0 bridgehead atoms. The molecule has 0 radical (unpaired) electrons. The number of non-ortho nitro benzene ring substituents is 1. The van der Waals surface area contributed by atoms with Crippen molar-refractivity contribution in [1.29, 1.82) is 0 Å². The number of aliphatic imine (C=N–C) groups is 1. The Morgan fingerprint density at radius 1 is 1.12 bits per heavy atom. The fourth-order valence-corrected chi connectivity index (χ4v) is 3.45. The van der Waals surface area contributed by atoms with Crippen LogP contribution in [0.1, 0.15) is 18.1 Å². The van der Waals surface area contributed by atoms with Crippen molar-refractivity contribution in [2.45, 2.75) is 13.8 Å². The maximum Gasteiger partial charge on any atom is 0.280 e. The SMILES string of the molecule is COc1ccc(-c2[nH]n(-c3ccc([N+](=O)[O-])cc3)c(=O)c2/C(C)=N/c2ncccc2C)cc1. The molecule has 0 atom stereocenters. The van der Waals surface area contributed by atoms with Gasteiger partial charge in [0.1, 0.15) is 5.75 Å². The van der Waals surface area contributed by atoms with Gasteiger partial charge in [0.2, 0.25) is 0 Å². The zero-order valence-electron chi connectivity index (χ0n) is 18.3. The molecule has 166 valence electrons. The summed E-state index contributed by atoms with van der Waals surface area (Å²) in [5.41, 5.74) is 3.16. The molecular formula is C24H21N5O4. The number of nitrogens with one attached hydrogen (secondary N) is 1. The fourth-order valence-electron chi connectivity index (χ4n) is 3.45. The minimum absolute atomic E-state index is 0.0580. The Morgan fingerprint density at radius 2 is 1.82 bits per heavy atom. The Hall–Kier alpha value is -4.53. The lowest BCUT2D eigenvalue weighted by Crippen LogP contribution is -2.19. The summed E-state index contributed by atoms with van der Waals surface area (Å²) in [5.74, 6) is 1.21. The lowest BCUT2D eigenvalue weighted by Gasteiger charge is -2.05. The zero-order chi connectivity index (χ0) is 23.5. The number of H-pyrrole nitrogens is 1. The van der Waals surface area contributed by atoms with Crippen molar-refractivity contribution in [3.8, 4) is 22.7 Å². The summed E-state index contributed by atoms with van der Waals surface area (Å²) in [6.45, 7) is 3.65. The van der Waals surface area contributed by atoms with Crippen molar-refractivity contribution in [2.75, 3.05) is 7.11 Å². The Bertz CT molecular complexity index is 1400. The summed E-state index contributed by atoms with van der Waals surface area (Å²) in [7, 11) is 1.58. The molecule has 9 heteroatoms. The van der Waals surface area contributed by atoms with Gasteiger partial charge in [-0.1, -0.05) is 6.07 Å². The molecular weight excluding hydrogens is 422 g/mol. The van der Waals surface area contributed by atoms with Crippen molar-refractivity contribution >= 4 is 17.2 Å². The Balaban J connectivity index is 1.90. The highest BCUT2D eigenvalue weighted by atomic mass is 16.6. The molecule has 0 amide bonds. The number of methoxy groups -OCH3 is 1. The molecule has 9 nitrogen and oxygen atoms in total. The second-order valence-electron chi connectivity index (χ2n) is 7.35. The van der Waals surface area contributed by atoms with Gasteiger partial charge in [-0.2, -0.15) is 0 Å². The second-order valence-corrected chi connectivity index (χ2v) is 7.35. The zero-order valence-corrected chi connectivity index (χ0v) is 18.3. The predicted molar refractivity (Wildman–Crippen MR) is 126 cm³/mol. The largest absolute Gasteiger partial charge is 0.497 e. The van der Waals surface area contributed by atoms with E-state index in [-0.39, 0.29) is 11.2 Å². The number of benzene rings is 2. The van der Waals surface area contributed by atoms with E-state index >= 15 is 0 Å². The first-order chi connectivity index (χ1) is 15.9. The molecule has 0 aliphatic rings. The van der Waals surface area contributed by atoms with Gasteiger partial charge in [0.15, 0.2) is 5.82 Å². The van der Waals surface area contributed by atoms with Gasteiger partial charge in [-0.3, -0.25) is 20.0 Å². The van der Waals surface area contributed by atoms with E-state index in [1.807, 2.05) is 31.2 Å². The molecule has 0 saturated heterocycles. The molecule has 1 N–H and O–H groups in total. The number of nitro groups is 1. The fraction of sp³-hybridized carbons (Fsp3) is 0.125. The van der Waals surface area contributed by atoms with E-state index < -0.39 is 4.92 Å². The number of aromatic nitrogens is 3. The normalized spacial score (nSPS) is 11.4. The summed E-state index contributed by atoms with van der Waals surface area (Å²) in [5, 5.41) is 14.1. The first-order valence-corrected chi connectivity index (χ1v) is 10.1. The number of hydrogen-bond acceptors (Lipinski definition) is 6. The highest BCUT2D eigenvalue weighted by molar-refractivity contribution is 6.04. The number of aromatic amines is 1. The highest BCUT2D eigenvalue weighted by Crippen LogP contribution is 2.26. The smallest absolute Gasteiger partial charge is 0.280 e. The van der Waals surface area contributed by atoms with Gasteiger partial charge >= 0.3 is 0 Å². The minimum atomic E-state index is -0.485. The number of nitro benzene ring substituents is 1. The van der Waals surface area contributed by atoms with Crippen LogP contribution < -0.4 is 10.3 Å². The van der Waals surface area contributed by atoms with Gasteiger partial charge in [-0.15, -0.1) is 0 Å². The molecule has 2 aromatic carbocycles. The van der Waals surface area contributed by atoms with Crippen molar-refractivity contribution in [3.05, 3.63) is 98.5 Å². The number of hydrogen-bond donors (Lipinski definition) is 1. The van der Waals surface area contributed by atoms with E-state index in [1.54, 1.807) is 32.4 Å². The van der Waals surface area contributed by atoms with Gasteiger partial charge in [0.25, 0.3) is 11.2 Å². The van der Waals surface area contributed by atoms with Crippen molar-refractivity contribution < 1.29 is 9.66 Å². The Labute approximate surface area is 189 Å². The molecule has 0 unspecified atom stereocenters. The molecule has 0 saturated carbocycles. The average molecular weight is 443 g/mol. The topological polar surface area (TPSA) is 115 Å². The van der Waals surface area contributed by atoms with Crippen molar-refractivity contribution in [2.24, 2.45) is 4.99 Å². The van der Waals surface area contributed by atoms with Crippen molar-refractivity contribution in [1.82, 2.24) is 14.8 Å². The Morgan fingerprint density at radius 3 is 2.42 bits per heavy atom. The molecule has 2 heterocycles. The molecule has 4 aromatic rings. The first-order valence-electron chi connectivity index (χ1n) is 10.1. The second kappa shape index (κ2) is 8.91. The number of aryl methyl sites for hydroxylation is 1. The lowest BCUT2D eigenvalue weighted by molar-refractivity contribution is -0.384. The summed E-state index contributed by atoms with van der Waals surface area (Å²) in [4.78, 5) is 32.9. The van der Waals surface area contributed by atoms with Crippen LogP contribution in [0, 0.1) is 17.0 Å². The maximum absolute atomic E-state index is 13.5. The molecule has 0 fully saturated rings. The summed E-state index contributed by atoms with van der Waals surface area (Å²) < 4.78 is 6.59. The van der Waals surface area contributed by atoms with Gasteiger partial charge in [-0.05, 0) is 61.9 Å². The van der Waals surface area contributed by atoms with Crippen LogP contribution in [-0.4, -0.2) is 32.5 Å². The summed E-state index contributed by atoms with van der Waals surface area (Å²) in [6, 6.07) is 16.8. The van der Waals surface area contributed by atoms with Crippen LogP contribution in [0.3, 0.4) is 0 Å². The van der Waals surface area contributed by atoms with E-state index in [0.29, 0.717) is 34.2 Å². The van der Waals surface area contributed by atoms with E-state index in [4.69, 9.17) is 4.74 Å². The molecule has 0 aliphatic carbocycles. The Kier molecular flexibility index (Phi) is 5.86. The van der Waals surface area contributed by atoms with Crippen LogP contribution >= 0.6 is 0 Å². The van der Waals surface area contributed by atoms with Crippen LogP contribution in [0.25, 0.3) is 16.9 Å². The molecule has 2 aromatic heterocycles. The van der Waals surface area contributed by atoms with E-state index in [9.17, 15) is 14.9 Å². The van der Waals surface area contributed by atoms with Crippen LogP contribution in [-0.2, 0) is 0 Å². The van der Waals surface area contributed by atoms with E-state index in [0.717, 1.165) is 11.1 Å². The van der Waals surface area contributed by atoms with Gasteiger partial charge in [0.05, 0.1) is 34.7 Å². The molecule has 0 spiro atoms. The first kappa shape index (κ1) is 21.7. The molecule has 0 aliphatic heterocycles. The number of rotatable bonds is 6. The third-order valence-electron chi connectivity index (χ3n) is 5.21. The molecule has 4 rings (SSSR count). The standard InChI is InChI=1S/C24H21N5O4/c1-15-5-4-14-25-23(15)26-16(2)21-22(17-6-12-20(33-3)13-7-17)27-28(24(21)30)18-8-10-19(11-9-18)29(31)32/h4-14,27H,1-3H3/b26-16+. The monoisotopic (exact) mass is 443 g/mol. The van der Waals surface area contributed by atoms with E-state index in [1.165, 1.54) is 28.9 Å². The summed E-state index contributed by atoms with van der Waals surface area (Å²) >= 11 is 0.